The highest BCUT2D eigenvalue weighted by Gasteiger charge is 2.23. The molecule has 136 valence electrons. The van der Waals surface area contributed by atoms with Gasteiger partial charge in [0.25, 0.3) is 0 Å². The second-order valence-electron chi connectivity index (χ2n) is 6.15. The molecule has 0 aliphatic carbocycles. The van der Waals surface area contributed by atoms with Crippen LogP contribution in [0.15, 0.2) is 59.8 Å². The van der Waals surface area contributed by atoms with Crippen LogP contribution in [0.3, 0.4) is 0 Å². The molecular weight excluding hydrogens is 358 g/mol. The number of nitrogens with zero attached hydrogens (tertiary/aromatic N) is 5. The standard InChI is InChI=1S/C20H19N5OS/c1-3-25-16-12-8-7-11-15(16)18(19(25)14-9-5-4-6-10-14)17(26)13-27-20-21-22-23-24(20)2/h4-12H,3,13H2,1-2H3. The second-order valence-corrected chi connectivity index (χ2v) is 7.09. The Hall–Kier alpha value is -2.93. The van der Waals surface area contributed by atoms with Gasteiger partial charge in [-0.15, -0.1) is 5.10 Å². The Morgan fingerprint density at radius 1 is 1.07 bits per heavy atom. The first-order chi connectivity index (χ1) is 13.2. The third-order valence-electron chi connectivity index (χ3n) is 4.53. The molecule has 0 spiro atoms. The van der Waals surface area contributed by atoms with E-state index in [9.17, 15) is 4.79 Å². The van der Waals surface area contributed by atoms with E-state index in [1.54, 1.807) is 11.7 Å². The SMILES string of the molecule is CCn1c(-c2ccccc2)c(C(=O)CSc2nnnn2C)c2ccccc21. The van der Waals surface area contributed by atoms with Gasteiger partial charge in [0.15, 0.2) is 5.78 Å². The number of hydrogen-bond donors (Lipinski definition) is 0. The van der Waals surface area contributed by atoms with Gasteiger partial charge in [0, 0.05) is 24.5 Å². The quantitative estimate of drug-likeness (QED) is 0.377. The Kier molecular flexibility index (Phi) is 4.77. The maximum Gasteiger partial charge on any atom is 0.209 e. The van der Waals surface area contributed by atoms with E-state index in [2.05, 4.69) is 45.2 Å². The number of aryl methyl sites for hydroxylation is 2. The fourth-order valence-electron chi connectivity index (χ4n) is 3.36. The molecule has 2 aromatic heterocycles. The Balaban J connectivity index is 1.83. The van der Waals surface area contributed by atoms with Crippen LogP contribution in [0.1, 0.15) is 17.3 Å². The van der Waals surface area contributed by atoms with E-state index in [-0.39, 0.29) is 11.5 Å². The third kappa shape index (κ3) is 3.14. The predicted molar refractivity (Wildman–Crippen MR) is 107 cm³/mol. The average Bonchev–Trinajstić information content (AvgIpc) is 3.27. The van der Waals surface area contributed by atoms with Crippen molar-refractivity contribution in [2.24, 2.45) is 7.05 Å². The Labute approximate surface area is 161 Å². The number of rotatable bonds is 6. The van der Waals surface area contributed by atoms with Crippen molar-refractivity contribution in [2.45, 2.75) is 18.6 Å². The van der Waals surface area contributed by atoms with Crippen molar-refractivity contribution in [3.63, 3.8) is 0 Å². The summed E-state index contributed by atoms with van der Waals surface area (Å²) in [6.07, 6.45) is 0. The maximum absolute atomic E-state index is 13.3. The lowest BCUT2D eigenvalue weighted by atomic mass is 10.0. The lowest BCUT2D eigenvalue weighted by Crippen LogP contribution is -2.07. The van der Waals surface area contributed by atoms with E-state index in [0.29, 0.717) is 5.16 Å². The molecule has 0 saturated heterocycles. The van der Waals surface area contributed by atoms with Crippen molar-refractivity contribution in [1.29, 1.82) is 0 Å². The number of carbonyl (C=O) groups is 1. The normalized spacial score (nSPS) is 11.2. The number of carbonyl (C=O) groups excluding carboxylic acids is 1. The molecule has 0 saturated carbocycles. The summed E-state index contributed by atoms with van der Waals surface area (Å²) in [5.41, 5.74) is 3.86. The first-order valence-electron chi connectivity index (χ1n) is 8.75. The summed E-state index contributed by atoms with van der Waals surface area (Å²) >= 11 is 1.35. The monoisotopic (exact) mass is 377 g/mol. The highest BCUT2D eigenvalue weighted by atomic mass is 32.2. The van der Waals surface area contributed by atoms with Gasteiger partial charge in [-0.2, -0.15) is 0 Å². The average molecular weight is 377 g/mol. The molecule has 2 aromatic carbocycles. The van der Waals surface area contributed by atoms with Crippen LogP contribution in [0.2, 0.25) is 0 Å². The molecule has 0 bridgehead atoms. The summed E-state index contributed by atoms with van der Waals surface area (Å²) in [4.78, 5) is 13.3. The van der Waals surface area contributed by atoms with Crippen LogP contribution in [0.4, 0.5) is 0 Å². The molecule has 0 aliphatic rings. The van der Waals surface area contributed by atoms with Crippen molar-refractivity contribution < 1.29 is 4.79 Å². The van der Waals surface area contributed by atoms with Gasteiger partial charge in [-0.1, -0.05) is 60.3 Å². The van der Waals surface area contributed by atoms with E-state index in [1.165, 1.54) is 11.8 Å². The summed E-state index contributed by atoms with van der Waals surface area (Å²) in [6, 6.07) is 18.2. The molecule has 2 heterocycles. The lowest BCUT2D eigenvalue weighted by Gasteiger charge is -2.10. The molecule has 0 amide bonds. The van der Waals surface area contributed by atoms with Crippen LogP contribution < -0.4 is 0 Å². The zero-order valence-electron chi connectivity index (χ0n) is 15.2. The van der Waals surface area contributed by atoms with E-state index in [0.717, 1.165) is 34.3 Å². The molecule has 7 heteroatoms. The summed E-state index contributed by atoms with van der Waals surface area (Å²) in [6.45, 7) is 2.89. The number of benzene rings is 2. The van der Waals surface area contributed by atoms with Crippen LogP contribution in [0.25, 0.3) is 22.2 Å². The van der Waals surface area contributed by atoms with Crippen LogP contribution in [-0.2, 0) is 13.6 Å². The topological polar surface area (TPSA) is 65.6 Å². The number of aromatic nitrogens is 5. The predicted octanol–water partition coefficient (Wildman–Crippen LogP) is 3.83. The number of thioether (sulfide) groups is 1. The number of fused-ring (bicyclic) bond motifs is 1. The molecule has 0 unspecified atom stereocenters. The number of tetrazole rings is 1. The highest BCUT2D eigenvalue weighted by molar-refractivity contribution is 7.99. The van der Waals surface area contributed by atoms with E-state index >= 15 is 0 Å². The first kappa shape index (κ1) is 17.5. The van der Waals surface area contributed by atoms with Crippen LogP contribution in [0.5, 0.6) is 0 Å². The Morgan fingerprint density at radius 2 is 1.81 bits per heavy atom. The zero-order valence-corrected chi connectivity index (χ0v) is 16.0. The van der Waals surface area contributed by atoms with Crippen molar-refractivity contribution in [1.82, 2.24) is 24.8 Å². The van der Waals surface area contributed by atoms with E-state index in [1.807, 2.05) is 36.4 Å². The number of para-hydroxylation sites is 1. The summed E-state index contributed by atoms with van der Waals surface area (Å²) in [5, 5.41) is 13.0. The fraction of sp³-hybridized carbons (Fsp3) is 0.200. The van der Waals surface area contributed by atoms with Crippen molar-refractivity contribution in [3.05, 3.63) is 60.2 Å². The van der Waals surface area contributed by atoms with Gasteiger partial charge in [0.1, 0.15) is 0 Å². The molecule has 4 aromatic rings. The fourth-order valence-corrected chi connectivity index (χ4v) is 4.08. The van der Waals surface area contributed by atoms with Gasteiger partial charge >= 0.3 is 0 Å². The minimum atomic E-state index is 0.0743. The number of ketones is 1. The molecule has 0 fully saturated rings. The van der Waals surface area contributed by atoms with E-state index in [4.69, 9.17) is 0 Å². The third-order valence-corrected chi connectivity index (χ3v) is 5.54. The Bertz CT molecular complexity index is 1100. The molecule has 0 radical (unpaired) electrons. The van der Waals surface area contributed by atoms with Crippen LogP contribution in [-0.4, -0.2) is 36.3 Å². The first-order valence-corrected chi connectivity index (χ1v) is 9.74. The Morgan fingerprint density at radius 3 is 2.52 bits per heavy atom. The molecular formula is C20H19N5OS. The maximum atomic E-state index is 13.3. The molecule has 27 heavy (non-hydrogen) atoms. The van der Waals surface area contributed by atoms with E-state index < -0.39 is 0 Å². The van der Waals surface area contributed by atoms with Gasteiger partial charge in [-0.05, 0) is 29.0 Å². The summed E-state index contributed by atoms with van der Waals surface area (Å²) in [7, 11) is 1.77. The highest BCUT2D eigenvalue weighted by Crippen LogP contribution is 2.35. The van der Waals surface area contributed by atoms with Crippen LogP contribution in [0, 0.1) is 0 Å². The minimum absolute atomic E-state index is 0.0743. The van der Waals surface area contributed by atoms with Crippen molar-refractivity contribution in [3.8, 4) is 11.3 Å². The van der Waals surface area contributed by atoms with Gasteiger partial charge in [0.05, 0.1) is 17.0 Å². The van der Waals surface area contributed by atoms with Crippen molar-refractivity contribution in [2.75, 3.05) is 5.75 Å². The largest absolute Gasteiger partial charge is 0.340 e. The van der Waals surface area contributed by atoms with Gasteiger partial charge in [-0.25, -0.2) is 4.68 Å². The molecule has 6 nitrogen and oxygen atoms in total. The second kappa shape index (κ2) is 7.36. The van der Waals surface area contributed by atoms with Crippen molar-refractivity contribution >= 4 is 28.4 Å². The zero-order chi connectivity index (χ0) is 18.8. The number of Topliss-reactive ketones (excluding diaryl/α,β-unsaturated/α-hetero) is 1. The summed E-state index contributed by atoms with van der Waals surface area (Å²) in [5.74, 6) is 0.358. The van der Waals surface area contributed by atoms with Crippen LogP contribution >= 0.6 is 11.8 Å². The molecule has 0 N–H and O–H groups in total. The van der Waals surface area contributed by atoms with Gasteiger partial charge < -0.3 is 4.57 Å². The molecule has 4 rings (SSSR count). The minimum Gasteiger partial charge on any atom is -0.340 e. The van der Waals surface area contributed by atoms with Gasteiger partial charge in [-0.3, -0.25) is 4.79 Å². The molecule has 0 atom stereocenters. The van der Waals surface area contributed by atoms with Gasteiger partial charge in [0.2, 0.25) is 5.16 Å². The summed E-state index contributed by atoms with van der Waals surface area (Å²) < 4.78 is 3.79. The lowest BCUT2D eigenvalue weighted by molar-refractivity contribution is 0.102. The number of hydrogen-bond acceptors (Lipinski definition) is 5. The molecule has 0 aliphatic heterocycles. The smallest absolute Gasteiger partial charge is 0.209 e.